The number of anilines is 1. The maximum Gasteiger partial charge on any atom is 0.301 e. The Hall–Kier alpha value is -1.92. The van der Waals surface area contributed by atoms with Gasteiger partial charge in [0.2, 0.25) is 0 Å². The lowest BCUT2D eigenvalue weighted by atomic mass is 10.3. The third kappa shape index (κ3) is 2.18. The van der Waals surface area contributed by atoms with E-state index >= 15 is 0 Å². The van der Waals surface area contributed by atoms with Crippen molar-refractivity contribution in [2.75, 3.05) is 5.73 Å². The number of aromatic nitrogens is 3. The molecule has 0 amide bonds. The van der Waals surface area contributed by atoms with Crippen molar-refractivity contribution in [2.24, 2.45) is 0 Å². The number of hydrogen-bond acceptors (Lipinski definition) is 4. The Kier molecular flexibility index (Phi) is 2.37. The number of hydrogen-bond donors (Lipinski definition) is 1. The molecule has 0 fully saturated rings. The maximum absolute atomic E-state index is 12.9. The molecule has 0 aliphatic heterocycles. The molecule has 5 nitrogen and oxygen atoms in total. The summed E-state index contributed by atoms with van der Waals surface area (Å²) in [5, 5.41) is 7.63. The first-order valence-corrected chi connectivity index (χ1v) is 4.58. The van der Waals surface area contributed by atoms with E-state index in [9.17, 15) is 8.78 Å². The molecule has 2 heterocycles. The lowest BCUT2D eigenvalue weighted by Crippen LogP contribution is -2.05. The van der Waals surface area contributed by atoms with Gasteiger partial charge in [-0.25, -0.2) is 0 Å². The van der Waals surface area contributed by atoms with E-state index in [4.69, 9.17) is 10.2 Å². The molecular formula is C9H10F2N4O. The Balaban J connectivity index is 2.14. The van der Waals surface area contributed by atoms with Crippen LogP contribution in [0.4, 0.5) is 14.6 Å². The first kappa shape index (κ1) is 10.6. The van der Waals surface area contributed by atoms with E-state index in [0.717, 1.165) is 6.92 Å². The smallest absolute Gasteiger partial charge is 0.301 e. The number of rotatable bonds is 3. The van der Waals surface area contributed by atoms with Gasteiger partial charge in [0.25, 0.3) is 0 Å². The van der Waals surface area contributed by atoms with Crippen LogP contribution in [0.15, 0.2) is 22.7 Å². The van der Waals surface area contributed by atoms with E-state index < -0.39 is 5.92 Å². The van der Waals surface area contributed by atoms with Crippen LogP contribution in [-0.4, -0.2) is 15.0 Å². The van der Waals surface area contributed by atoms with E-state index in [1.165, 1.54) is 23.1 Å². The third-order valence-corrected chi connectivity index (χ3v) is 1.95. The summed E-state index contributed by atoms with van der Waals surface area (Å²) in [5.74, 6) is -2.73. The summed E-state index contributed by atoms with van der Waals surface area (Å²) >= 11 is 0. The SMILES string of the molecule is CC(F)(F)c1ccc(Cn2ncc(N)n2)o1. The molecule has 2 aromatic rings. The minimum Gasteiger partial charge on any atom is -0.458 e. The second-order valence-corrected chi connectivity index (χ2v) is 3.45. The summed E-state index contributed by atoms with van der Waals surface area (Å²) in [6.45, 7) is 0.951. The third-order valence-electron chi connectivity index (χ3n) is 1.95. The fourth-order valence-corrected chi connectivity index (χ4v) is 1.23. The number of nitrogens with zero attached hydrogens (tertiary/aromatic N) is 3. The van der Waals surface area contributed by atoms with Crippen LogP contribution in [0.1, 0.15) is 18.4 Å². The molecule has 0 spiro atoms. The standard InChI is InChI=1S/C9H10F2N4O/c1-9(10,11)7-3-2-6(16-7)5-15-13-4-8(12)14-15/h2-4H,5H2,1H3,(H2,12,14). The number of halogens is 2. The lowest BCUT2D eigenvalue weighted by Gasteiger charge is -2.05. The number of furan rings is 1. The van der Waals surface area contributed by atoms with E-state index in [2.05, 4.69) is 10.2 Å². The van der Waals surface area contributed by atoms with Crippen molar-refractivity contribution in [1.29, 1.82) is 0 Å². The molecule has 0 radical (unpaired) electrons. The molecule has 2 aromatic heterocycles. The Morgan fingerprint density at radius 3 is 2.75 bits per heavy atom. The van der Waals surface area contributed by atoms with Gasteiger partial charge in [0.05, 0.1) is 6.20 Å². The first-order chi connectivity index (χ1) is 7.45. The number of nitrogens with two attached hydrogens (primary N) is 1. The van der Waals surface area contributed by atoms with Crippen molar-refractivity contribution < 1.29 is 13.2 Å². The van der Waals surface area contributed by atoms with Gasteiger partial charge in [-0.05, 0) is 12.1 Å². The van der Waals surface area contributed by atoms with Gasteiger partial charge in [-0.15, -0.1) is 5.10 Å². The first-order valence-electron chi connectivity index (χ1n) is 4.58. The van der Waals surface area contributed by atoms with Gasteiger partial charge in [0.15, 0.2) is 11.6 Å². The van der Waals surface area contributed by atoms with Crippen molar-refractivity contribution in [3.05, 3.63) is 29.9 Å². The summed E-state index contributed by atoms with van der Waals surface area (Å²) in [4.78, 5) is 1.27. The van der Waals surface area contributed by atoms with Crippen LogP contribution in [-0.2, 0) is 12.5 Å². The van der Waals surface area contributed by atoms with Gasteiger partial charge < -0.3 is 10.2 Å². The molecular weight excluding hydrogens is 218 g/mol. The highest BCUT2D eigenvalue weighted by Gasteiger charge is 2.28. The fraction of sp³-hybridized carbons (Fsp3) is 0.333. The molecule has 0 unspecified atom stereocenters. The quantitative estimate of drug-likeness (QED) is 0.866. The van der Waals surface area contributed by atoms with Gasteiger partial charge in [-0.1, -0.05) is 0 Å². The fourth-order valence-electron chi connectivity index (χ4n) is 1.23. The van der Waals surface area contributed by atoms with Gasteiger partial charge in [-0.3, -0.25) is 0 Å². The van der Waals surface area contributed by atoms with Gasteiger partial charge >= 0.3 is 5.92 Å². The van der Waals surface area contributed by atoms with Gasteiger partial charge in [0.1, 0.15) is 12.3 Å². The molecule has 0 aliphatic rings. The average molecular weight is 228 g/mol. The van der Waals surface area contributed by atoms with E-state index in [-0.39, 0.29) is 18.1 Å². The summed E-state index contributed by atoms with van der Waals surface area (Å²) in [5.41, 5.74) is 5.36. The van der Waals surface area contributed by atoms with Crippen LogP contribution in [0, 0.1) is 0 Å². The van der Waals surface area contributed by atoms with E-state index in [0.29, 0.717) is 5.76 Å². The van der Waals surface area contributed by atoms with Crippen LogP contribution >= 0.6 is 0 Å². The van der Waals surface area contributed by atoms with Crippen molar-refractivity contribution in [1.82, 2.24) is 15.0 Å². The zero-order valence-corrected chi connectivity index (χ0v) is 8.52. The van der Waals surface area contributed by atoms with E-state index in [1.54, 1.807) is 0 Å². The largest absolute Gasteiger partial charge is 0.458 e. The van der Waals surface area contributed by atoms with Gasteiger partial charge in [0, 0.05) is 6.92 Å². The molecule has 0 saturated carbocycles. The molecule has 0 bridgehead atoms. The summed E-state index contributed by atoms with van der Waals surface area (Å²) in [6, 6.07) is 2.70. The zero-order chi connectivity index (χ0) is 11.8. The van der Waals surface area contributed by atoms with Crippen molar-refractivity contribution in [2.45, 2.75) is 19.4 Å². The number of nitrogen functional groups attached to an aromatic ring is 1. The highest BCUT2D eigenvalue weighted by molar-refractivity contribution is 5.19. The van der Waals surface area contributed by atoms with Crippen molar-refractivity contribution >= 4 is 5.82 Å². The second kappa shape index (κ2) is 3.58. The predicted octanol–water partition coefficient (Wildman–Crippen LogP) is 1.61. The van der Waals surface area contributed by atoms with Crippen molar-refractivity contribution in [3.63, 3.8) is 0 Å². The Labute approximate surface area is 89.8 Å². The summed E-state index contributed by atoms with van der Waals surface area (Å²) in [6.07, 6.45) is 1.37. The Morgan fingerprint density at radius 1 is 1.50 bits per heavy atom. The van der Waals surface area contributed by atoms with Crippen LogP contribution < -0.4 is 5.73 Å². The van der Waals surface area contributed by atoms with Crippen molar-refractivity contribution in [3.8, 4) is 0 Å². The number of alkyl halides is 2. The molecule has 0 aliphatic carbocycles. The van der Waals surface area contributed by atoms with Crippen LogP contribution in [0.25, 0.3) is 0 Å². The predicted molar refractivity (Wildman–Crippen MR) is 51.8 cm³/mol. The maximum atomic E-state index is 12.9. The molecule has 2 rings (SSSR count). The Morgan fingerprint density at radius 2 is 2.25 bits per heavy atom. The second-order valence-electron chi connectivity index (χ2n) is 3.45. The minimum absolute atomic E-state index is 0.174. The van der Waals surface area contributed by atoms with E-state index in [1.807, 2.05) is 0 Å². The highest BCUT2D eigenvalue weighted by Crippen LogP contribution is 2.28. The van der Waals surface area contributed by atoms with Crippen LogP contribution in [0.3, 0.4) is 0 Å². The molecule has 2 N–H and O–H groups in total. The molecule has 0 saturated heterocycles. The monoisotopic (exact) mass is 228 g/mol. The highest BCUT2D eigenvalue weighted by atomic mass is 19.3. The minimum atomic E-state index is -2.98. The summed E-state index contributed by atoms with van der Waals surface area (Å²) in [7, 11) is 0. The van der Waals surface area contributed by atoms with Crippen LogP contribution in [0.5, 0.6) is 0 Å². The topological polar surface area (TPSA) is 69.9 Å². The normalized spacial score (nSPS) is 11.9. The lowest BCUT2D eigenvalue weighted by molar-refractivity contribution is -0.00640. The zero-order valence-electron chi connectivity index (χ0n) is 8.52. The molecule has 0 atom stereocenters. The molecule has 16 heavy (non-hydrogen) atoms. The molecule has 0 aromatic carbocycles. The molecule has 7 heteroatoms. The molecule has 86 valence electrons. The van der Waals surface area contributed by atoms with Crippen LogP contribution in [0.2, 0.25) is 0 Å². The summed E-state index contributed by atoms with van der Waals surface area (Å²) < 4.78 is 30.7. The van der Waals surface area contributed by atoms with Gasteiger partial charge in [-0.2, -0.15) is 18.7 Å². The Bertz CT molecular complexity index is 486. The average Bonchev–Trinajstić information content (AvgIpc) is 2.74.